The zero-order chi connectivity index (χ0) is 19.2. The summed E-state index contributed by atoms with van der Waals surface area (Å²) >= 11 is 1.70. The van der Waals surface area contributed by atoms with Crippen LogP contribution in [0.5, 0.6) is 0 Å². The molecule has 5 N–H and O–H groups in total. The number of carbonyl (C=O) groups excluding carboxylic acids is 1. The van der Waals surface area contributed by atoms with Crippen LogP contribution >= 0.6 is 11.3 Å². The Morgan fingerprint density at radius 2 is 2.11 bits per heavy atom. The molecule has 2 heterocycles. The molecule has 1 aromatic carbocycles. The van der Waals surface area contributed by atoms with Crippen LogP contribution in [-0.4, -0.2) is 41.9 Å². The number of aryl methyl sites for hydroxylation is 2. The SMILES string of the molecule is CNC(=O)C1CCN(Cc2scnc2CCc2ccc(N=C(N)N)cc2)C1. The molecular weight excluding hydrogens is 360 g/mol. The average molecular weight is 387 g/mol. The number of thiazole rings is 1. The van der Waals surface area contributed by atoms with Crippen molar-refractivity contribution in [2.45, 2.75) is 25.8 Å². The van der Waals surface area contributed by atoms with E-state index in [0.717, 1.165) is 50.3 Å². The molecule has 1 fully saturated rings. The predicted molar refractivity (Wildman–Crippen MR) is 109 cm³/mol. The normalized spacial score (nSPS) is 17.0. The summed E-state index contributed by atoms with van der Waals surface area (Å²) in [5.41, 5.74) is 15.8. The molecule has 3 rings (SSSR count). The second-order valence-corrected chi connectivity index (χ2v) is 7.70. The number of amides is 1. The van der Waals surface area contributed by atoms with E-state index in [1.807, 2.05) is 29.8 Å². The highest BCUT2D eigenvalue weighted by atomic mass is 32.1. The van der Waals surface area contributed by atoms with Gasteiger partial charge in [-0.1, -0.05) is 12.1 Å². The molecule has 1 aromatic heterocycles. The maximum Gasteiger partial charge on any atom is 0.224 e. The number of aromatic nitrogens is 1. The van der Waals surface area contributed by atoms with Crippen LogP contribution in [0.1, 0.15) is 22.6 Å². The van der Waals surface area contributed by atoms with Gasteiger partial charge in [0.2, 0.25) is 5.91 Å². The number of carbonyl (C=O) groups is 1. The highest BCUT2D eigenvalue weighted by molar-refractivity contribution is 7.09. The predicted octanol–water partition coefficient (Wildman–Crippen LogP) is 1.40. The molecule has 27 heavy (non-hydrogen) atoms. The minimum absolute atomic E-state index is 0.0652. The van der Waals surface area contributed by atoms with Gasteiger partial charge in [0, 0.05) is 25.0 Å². The molecule has 1 atom stereocenters. The molecule has 0 spiro atoms. The van der Waals surface area contributed by atoms with Gasteiger partial charge in [-0.05, 0) is 43.5 Å². The van der Waals surface area contributed by atoms with E-state index in [-0.39, 0.29) is 17.8 Å². The number of likely N-dealkylation sites (tertiary alicyclic amines) is 1. The summed E-state index contributed by atoms with van der Waals surface area (Å²) in [4.78, 5) is 24.0. The number of nitrogens with one attached hydrogen (secondary N) is 1. The Balaban J connectivity index is 1.55. The van der Waals surface area contributed by atoms with E-state index in [0.29, 0.717) is 0 Å². The van der Waals surface area contributed by atoms with E-state index >= 15 is 0 Å². The van der Waals surface area contributed by atoms with Gasteiger partial charge < -0.3 is 16.8 Å². The van der Waals surface area contributed by atoms with Gasteiger partial charge in [0.1, 0.15) is 0 Å². The number of nitrogens with zero attached hydrogens (tertiary/aromatic N) is 3. The van der Waals surface area contributed by atoms with Gasteiger partial charge >= 0.3 is 0 Å². The second-order valence-electron chi connectivity index (χ2n) is 6.76. The number of hydrogen-bond acceptors (Lipinski definition) is 5. The lowest BCUT2D eigenvalue weighted by Gasteiger charge is -2.15. The van der Waals surface area contributed by atoms with E-state index in [4.69, 9.17) is 11.5 Å². The molecule has 0 bridgehead atoms. The average Bonchev–Trinajstić information content (AvgIpc) is 3.30. The first kappa shape index (κ1) is 19.3. The number of guanidine groups is 1. The second kappa shape index (κ2) is 8.96. The van der Waals surface area contributed by atoms with E-state index < -0.39 is 0 Å². The van der Waals surface area contributed by atoms with Crippen LogP contribution in [0.15, 0.2) is 34.8 Å². The maximum absolute atomic E-state index is 11.8. The Bertz CT molecular complexity index is 797. The summed E-state index contributed by atoms with van der Waals surface area (Å²) in [5.74, 6) is 0.316. The van der Waals surface area contributed by atoms with Gasteiger partial charge in [-0.3, -0.25) is 9.69 Å². The van der Waals surface area contributed by atoms with Gasteiger partial charge in [0.15, 0.2) is 5.96 Å². The highest BCUT2D eigenvalue weighted by Gasteiger charge is 2.28. The lowest BCUT2D eigenvalue weighted by atomic mass is 10.1. The Hall–Kier alpha value is -2.45. The first-order valence-electron chi connectivity index (χ1n) is 9.09. The quantitative estimate of drug-likeness (QED) is 0.492. The van der Waals surface area contributed by atoms with Crippen LogP contribution < -0.4 is 16.8 Å². The fourth-order valence-electron chi connectivity index (χ4n) is 3.37. The monoisotopic (exact) mass is 386 g/mol. The Morgan fingerprint density at radius 3 is 2.81 bits per heavy atom. The minimum Gasteiger partial charge on any atom is -0.370 e. The Morgan fingerprint density at radius 1 is 1.33 bits per heavy atom. The van der Waals surface area contributed by atoms with Crippen molar-refractivity contribution in [2.75, 3.05) is 20.1 Å². The maximum atomic E-state index is 11.8. The molecule has 2 aromatic rings. The van der Waals surface area contributed by atoms with Crippen molar-refractivity contribution in [3.8, 4) is 0 Å². The van der Waals surface area contributed by atoms with Gasteiger partial charge in [0.05, 0.1) is 22.8 Å². The van der Waals surface area contributed by atoms with E-state index in [1.165, 1.54) is 10.4 Å². The van der Waals surface area contributed by atoms with Crippen molar-refractivity contribution in [3.63, 3.8) is 0 Å². The summed E-state index contributed by atoms with van der Waals surface area (Å²) < 4.78 is 0. The summed E-state index contributed by atoms with van der Waals surface area (Å²) in [6.07, 6.45) is 2.74. The Kier molecular flexibility index (Phi) is 6.41. The van der Waals surface area contributed by atoms with E-state index in [2.05, 4.69) is 20.2 Å². The zero-order valence-electron chi connectivity index (χ0n) is 15.5. The van der Waals surface area contributed by atoms with Gasteiger partial charge in [-0.15, -0.1) is 11.3 Å². The topological polar surface area (TPSA) is 110 Å². The molecular formula is C19H26N6OS. The van der Waals surface area contributed by atoms with Crippen LogP contribution in [-0.2, 0) is 24.2 Å². The number of rotatable bonds is 7. The molecule has 1 amide bonds. The lowest BCUT2D eigenvalue weighted by molar-refractivity contribution is -0.124. The molecule has 0 radical (unpaired) electrons. The first-order valence-corrected chi connectivity index (χ1v) is 9.97. The Labute approximate surface area is 163 Å². The summed E-state index contributed by atoms with van der Waals surface area (Å²) in [5, 5.41) is 2.75. The fraction of sp³-hybridized carbons (Fsp3) is 0.421. The van der Waals surface area contributed by atoms with Crippen molar-refractivity contribution in [2.24, 2.45) is 22.4 Å². The smallest absolute Gasteiger partial charge is 0.224 e. The van der Waals surface area contributed by atoms with Gasteiger partial charge in [0.25, 0.3) is 0 Å². The summed E-state index contributed by atoms with van der Waals surface area (Å²) in [6, 6.07) is 7.92. The van der Waals surface area contributed by atoms with Crippen molar-refractivity contribution >= 4 is 28.9 Å². The van der Waals surface area contributed by atoms with Crippen molar-refractivity contribution in [1.29, 1.82) is 0 Å². The van der Waals surface area contributed by atoms with Crippen LogP contribution in [0, 0.1) is 5.92 Å². The number of nitrogens with two attached hydrogens (primary N) is 2. The van der Waals surface area contributed by atoms with E-state index in [9.17, 15) is 4.79 Å². The molecule has 0 saturated carbocycles. The third-order valence-corrected chi connectivity index (χ3v) is 5.69. The number of aliphatic imine (C=N–C) groups is 1. The molecule has 7 nitrogen and oxygen atoms in total. The molecule has 0 aliphatic carbocycles. The fourth-order valence-corrected chi connectivity index (χ4v) is 4.23. The van der Waals surface area contributed by atoms with Crippen molar-refractivity contribution in [1.82, 2.24) is 15.2 Å². The standard InChI is InChI=1S/C19H26N6OS/c1-22-18(26)14-8-9-25(10-14)11-17-16(23-12-27-17)7-4-13-2-5-15(6-3-13)24-19(20)21/h2-3,5-6,12,14H,4,7-11H2,1H3,(H,22,26)(H4,20,21,24). The molecule has 1 aliphatic rings. The molecule has 1 unspecified atom stereocenters. The minimum atomic E-state index is 0.0652. The third-order valence-electron chi connectivity index (χ3n) is 4.83. The number of benzene rings is 1. The molecule has 8 heteroatoms. The summed E-state index contributed by atoms with van der Waals surface area (Å²) in [6.45, 7) is 2.65. The molecule has 1 aliphatic heterocycles. The van der Waals surface area contributed by atoms with Crippen LogP contribution in [0.3, 0.4) is 0 Å². The lowest BCUT2D eigenvalue weighted by Crippen LogP contribution is -2.30. The first-order chi connectivity index (χ1) is 13.0. The summed E-state index contributed by atoms with van der Waals surface area (Å²) in [7, 11) is 1.70. The van der Waals surface area contributed by atoms with Crippen LogP contribution in [0.25, 0.3) is 0 Å². The third kappa shape index (κ3) is 5.27. The van der Waals surface area contributed by atoms with Crippen molar-refractivity contribution in [3.05, 3.63) is 45.9 Å². The van der Waals surface area contributed by atoms with Crippen LogP contribution in [0.4, 0.5) is 5.69 Å². The molecule has 144 valence electrons. The zero-order valence-corrected chi connectivity index (χ0v) is 16.3. The highest BCUT2D eigenvalue weighted by Crippen LogP contribution is 2.23. The van der Waals surface area contributed by atoms with Crippen molar-refractivity contribution < 1.29 is 4.79 Å². The van der Waals surface area contributed by atoms with Crippen LogP contribution in [0.2, 0.25) is 0 Å². The van der Waals surface area contributed by atoms with E-state index in [1.54, 1.807) is 18.4 Å². The number of hydrogen-bond donors (Lipinski definition) is 3. The molecule has 1 saturated heterocycles. The van der Waals surface area contributed by atoms with Gasteiger partial charge in [-0.2, -0.15) is 0 Å². The van der Waals surface area contributed by atoms with Gasteiger partial charge in [-0.25, -0.2) is 9.98 Å². The largest absolute Gasteiger partial charge is 0.370 e.